The van der Waals surface area contributed by atoms with Gasteiger partial charge in [0.05, 0.1) is 5.41 Å². The minimum absolute atomic E-state index is 0.261. The summed E-state index contributed by atoms with van der Waals surface area (Å²) in [5.74, 6) is 0.252. The third-order valence-electron chi connectivity index (χ3n) is 2.13. The number of halogens is 1. The highest BCUT2D eigenvalue weighted by Gasteiger charge is 2.24. The molecule has 1 aromatic rings. The molecule has 0 saturated heterocycles. The van der Waals surface area contributed by atoms with Crippen molar-refractivity contribution in [3.05, 3.63) is 22.2 Å². The molecule has 0 amide bonds. The number of hydrogen-bond acceptors (Lipinski definition) is 3. The monoisotopic (exact) mass is 285 g/mol. The Hall–Kier alpha value is -1.03. The topological polar surface area (TPSA) is 52.3 Å². The number of ether oxygens (including phenoxy) is 1. The highest BCUT2D eigenvalue weighted by atomic mass is 79.9. The molecule has 0 radical (unpaired) electrons. The van der Waals surface area contributed by atoms with Crippen molar-refractivity contribution < 1.29 is 9.53 Å². The summed E-state index contributed by atoms with van der Waals surface area (Å²) in [7, 11) is 0. The van der Waals surface area contributed by atoms with E-state index in [-0.39, 0.29) is 5.97 Å². The molecule has 0 aromatic heterocycles. The van der Waals surface area contributed by atoms with Crippen molar-refractivity contribution in [1.82, 2.24) is 0 Å². The Kier molecular flexibility index (Phi) is 3.63. The van der Waals surface area contributed by atoms with Gasteiger partial charge in [0.25, 0.3) is 0 Å². The summed E-state index contributed by atoms with van der Waals surface area (Å²) >= 11 is 3.32. The van der Waals surface area contributed by atoms with Crippen LogP contribution in [0.5, 0.6) is 5.75 Å². The lowest BCUT2D eigenvalue weighted by atomic mass is 9.97. The first kappa shape index (κ1) is 13.0. The van der Waals surface area contributed by atoms with Crippen LogP contribution in [-0.4, -0.2) is 5.97 Å². The zero-order valence-electron chi connectivity index (χ0n) is 9.93. The molecule has 4 heteroatoms. The van der Waals surface area contributed by atoms with Crippen molar-refractivity contribution in [2.45, 2.75) is 27.7 Å². The standard InChI is InChI=1S/C12H16BrNO2/c1-7-5-8(6-9(13)10(7)14)16-11(15)12(2,3)4/h5-6H,14H2,1-4H3. The summed E-state index contributed by atoms with van der Waals surface area (Å²) < 4.78 is 6.01. The summed E-state index contributed by atoms with van der Waals surface area (Å²) in [6, 6.07) is 3.45. The number of benzene rings is 1. The molecule has 16 heavy (non-hydrogen) atoms. The molecule has 88 valence electrons. The second-order valence-corrected chi connectivity index (χ2v) is 5.63. The molecule has 3 nitrogen and oxygen atoms in total. The molecule has 0 unspecified atom stereocenters. The van der Waals surface area contributed by atoms with Crippen LogP contribution in [0.3, 0.4) is 0 Å². The summed E-state index contributed by atoms with van der Waals surface area (Å²) in [6.45, 7) is 7.31. The van der Waals surface area contributed by atoms with Gasteiger partial charge in [-0.1, -0.05) is 0 Å². The predicted octanol–water partition coefficient (Wildman–Crippen LogP) is 3.29. The average molecular weight is 286 g/mol. The van der Waals surface area contributed by atoms with Crippen molar-refractivity contribution in [2.75, 3.05) is 5.73 Å². The van der Waals surface area contributed by atoms with Crippen LogP contribution in [0.25, 0.3) is 0 Å². The van der Waals surface area contributed by atoms with Gasteiger partial charge in [0.1, 0.15) is 5.75 Å². The molecular formula is C12H16BrNO2. The maximum absolute atomic E-state index is 11.7. The number of carbonyl (C=O) groups excluding carboxylic acids is 1. The molecule has 0 aliphatic rings. The number of esters is 1. The van der Waals surface area contributed by atoms with Crippen LogP contribution in [0, 0.1) is 12.3 Å². The first-order chi connectivity index (χ1) is 7.21. The third-order valence-corrected chi connectivity index (χ3v) is 2.79. The van der Waals surface area contributed by atoms with E-state index in [2.05, 4.69) is 15.9 Å². The molecule has 0 heterocycles. The number of nitrogens with two attached hydrogens (primary N) is 1. The fourth-order valence-corrected chi connectivity index (χ4v) is 1.58. The van der Waals surface area contributed by atoms with Crippen LogP contribution in [0.1, 0.15) is 26.3 Å². The molecule has 1 rings (SSSR count). The van der Waals surface area contributed by atoms with E-state index < -0.39 is 5.41 Å². The second kappa shape index (κ2) is 4.45. The van der Waals surface area contributed by atoms with E-state index in [1.165, 1.54) is 0 Å². The molecule has 1 aromatic carbocycles. The van der Waals surface area contributed by atoms with Crippen LogP contribution < -0.4 is 10.5 Å². The number of aryl methyl sites for hydroxylation is 1. The maximum Gasteiger partial charge on any atom is 0.316 e. The SMILES string of the molecule is Cc1cc(OC(=O)C(C)(C)C)cc(Br)c1N. The van der Waals surface area contributed by atoms with Crippen molar-refractivity contribution in [1.29, 1.82) is 0 Å². The van der Waals surface area contributed by atoms with Crippen LogP contribution in [-0.2, 0) is 4.79 Å². The van der Waals surface area contributed by atoms with Crippen molar-refractivity contribution in [3.8, 4) is 5.75 Å². The van der Waals surface area contributed by atoms with E-state index in [0.29, 0.717) is 11.4 Å². The van der Waals surface area contributed by atoms with Gasteiger partial charge in [0.15, 0.2) is 0 Å². The Morgan fingerprint density at radius 3 is 2.38 bits per heavy atom. The van der Waals surface area contributed by atoms with Gasteiger partial charge in [-0.25, -0.2) is 0 Å². The third kappa shape index (κ3) is 2.98. The minimum atomic E-state index is -0.512. The fraction of sp³-hybridized carbons (Fsp3) is 0.417. The highest BCUT2D eigenvalue weighted by molar-refractivity contribution is 9.10. The van der Waals surface area contributed by atoms with Crippen LogP contribution in [0.4, 0.5) is 5.69 Å². The van der Waals surface area contributed by atoms with Gasteiger partial charge >= 0.3 is 5.97 Å². The van der Waals surface area contributed by atoms with Gasteiger partial charge in [-0.05, 0) is 61.3 Å². The molecule has 0 atom stereocenters. The fourth-order valence-electron chi connectivity index (χ4n) is 1.04. The number of nitrogen functional groups attached to an aromatic ring is 1. The largest absolute Gasteiger partial charge is 0.426 e. The Labute approximate surface area is 104 Å². The summed E-state index contributed by atoms with van der Waals surface area (Å²) in [4.78, 5) is 11.7. The summed E-state index contributed by atoms with van der Waals surface area (Å²) in [6.07, 6.45) is 0. The highest BCUT2D eigenvalue weighted by Crippen LogP contribution is 2.29. The van der Waals surface area contributed by atoms with E-state index in [0.717, 1.165) is 10.0 Å². The van der Waals surface area contributed by atoms with E-state index in [1.807, 2.05) is 27.7 Å². The first-order valence-electron chi connectivity index (χ1n) is 4.99. The smallest absolute Gasteiger partial charge is 0.316 e. The Balaban J connectivity index is 2.96. The van der Waals surface area contributed by atoms with Gasteiger partial charge in [0.2, 0.25) is 0 Å². The van der Waals surface area contributed by atoms with E-state index in [9.17, 15) is 4.79 Å². The van der Waals surface area contributed by atoms with Crippen LogP contribution >= 0.6 is 15.9 Å². The van der Waals surface area contributed by atoms with E-state index in [4.69, 9.17) is 10.5 Å². The quantitative estimate of drug-likeness (QED) is 0.489. The lowest BCUT2D eigenvalue weighted by molar-refractivity contribution is -0.142. The number of hydrogen-bond donors (Lipinski definition) is 1. The molecule has 0 spiro atoms. The zero-order chi connectivity index (χ0) is 12.5. The second-order valence-electron chi connectivity index (χ2n) is 4.78. The van der Waals surface area contributed by atoms with Gasteiger partial charge in [-0.2, -0.15) is 0 Å². The summed E-state index contributed by atoms with van der Waals surface area (Å²) in [5, 5.41) is 0. The van der Waals surface area contributed by atoms with E-state index >= 15 is 0 Å². The predicted molar refractivity (Wildman–Crippen MR) is 68.4 cm³/mol. The molecule has 0 aliphatic heterocycles. The average Bonchev–Trinajstić information content (AvgIpc) is 2.12. The zero-order valence-corrected chi connectivity index (χ0v) is 11.5. The van der Waals surface area contributed by atoms with Gasteiger partial charge in [0, 0.05) is 10.2 Å². The number of anilines is 1. The lowest BCUT2D eigenvalue weighted by Gasteiger charge is -2.17. The Bertz CT molecular complexity index is 399. The molecule has 2 N–H and O–H groups in total. The Morgan fingerprint density at radius 1 is 1.38 bits per heavy atom. The Morgan fingerprint density at radius 2 is 1.94 bits per heavy atom. The minimum Gasteiger partial charge on any atom is -0.426 e. The van der Waals surface area contributed by atoms with Crippen molar-refractivity contribution in [2.24, 2.45) is 5.41 Å². The van der Waals surface area contributed by atoms with Crippen LogP contribution in [0.2, 0.25) is 0 Å². The van der Waals surface area contributed by atoms with Gasteiger partial charge < -0.3 is 10.5 Å². The molecule has 0 bridgehead atoms. The normalized spacial score (nSPS) is 11.3. The molecule has 0 aliphatic carbocycles. The molecular weight excluding hydrogens is 270 g/mol. The number of carbonyl (C=O) groups is 1. The maximum atomic E-state index is 11.7. The summed E-state index contributed by atoms with van der Waals surface area (Å²) in [5.41, 5.74) is 6.81. The number of rotatable bonds is 1. The molecule has 0 saturated carbocycles. The van der Waals surface area contributed by atoms with Crippen molar-refractivity contribution in [3.63, 3.8) is 0 Å². The van der Waals surface area contributed by atoms with E-state index in [1.54, 1.807) is 12.1 Å². The first-order valence-corrected chi connectivity index (χ1v) is 5.79. The molecule has 0 fully saturated rings. The van der Waals surface area contributed by atoms with Crippen molar-refractivity contribution >= 4 is 27.6 Å². The lowest BCUT2D eigenvalue weighted by Crippen LogP contribution is -2.25. The van der Waals surface area contributed by atoms with Gasteiger partial charge in [-0.3, -0.25) is 4.79 Å². The van der Waals surface area contributed by atoms with Crippen LogP contribution in [0.15, 0.2) is 16.6 Å². The van der Waals surface area contributed by atoms with Gasteiger partial charge in [-0.15, -0.1) is 0 Å².